The number of hydrogen-bond donors (Lipinski definition) is 0. The molecule has 0 fully saturated rings. The van der Waals surface area contributed by atoms with Crippen molar-refractivity contribution in [3.63, 3.8) is 0 Å². The van der Waals surface area contributed by atoms with Crippen LogP contribution < -0.4 is 0 Å². The molecular weight excluding hydrogens is 380 g/mol. The zero-order chi connectivity index (χ0) is 20.2. The Balaban J connectivity index is 1.80. The first-order chi connectivity index (χ1) is 14.2. The van der Waals surface area contributed by atoms with Gasteiger partial charge in [0, 0.05) is 29.9 Å². The fourth-order valence-electron chi connectivity index (χ4n) is 3.79. The standard InChI is InChI=1S/C25H25ClN2O/c1-3-28(4-2)20-16-14-18(15-17-20)24-23(21-12-8-9-13-22(21)26)27-25(29-24)19-10-6-5-7-11-19/h5-14,16H,3-4,15,17H2,1-2H3. The van der Waals surface area contributed by atoms with E-state index in [1.807, 2.05) is 54.6 Å². The van der Waals surface area contributed by atoms with Crippen molar-refractivity contribution in [3.05, 3.63) is 83.2 Å². The Morgan fingerprint density at radius 1 is 0.931 bits per heavy atom. The van der Waals surface area contributed by atoms with Gasteiger partial charge >= 0.3 is 0 Å². The Morgan fingerprint density at radius 3 is 2.31 bits per heavy atom. The largest absolute Gasteiger partial charge is 0.436 e. The minimum absolute atomic E-state index is 0.620. The van der Waals surface area contributed by atoms with Gasteiger partial charge in [-0.05, 0) is 56.5 Å². The van der Waals surface area contributed by atoms with Crippen molar-refractivity contribution in [3.8, 4) is 22.7 Å². The maximum atomic E-state index is 6.51. The van der Waals surface area contributed by atoms with Crippen molar-refractivity contribution in [1.82, 2.24) is 9.88 Å². The second kappa shape index (κ2) is 8.71. The van der Waals surface area contributed by atoms with Crippen LogP contribution in [0.15, 0.2) is 76.9 Å². The van der Waals surface area contributed by atoms with Crippen molar-refractivity contribution in [2.75, 3.05) is 13.1 Å². The van der Waals surface area contributed by atoms with E-state index >= 15 is 0 Å². The lowest BCUT2D eigenvalue weighted by Gasteiger charge is -2.26. The maximum Gasteiger partial charge on any atom is 0.227 e. The highest BCUT2D eigenvalue weighted by Crippen LogP contribution is 2.39. The summed E-state index contributed by atoms with van der Waals surface area (Å²) in [5.41, 5.74) is 5.20. The van der Waals surface area contributed by atoms with E-state index in [1.165, 1.54) is 5.70 Å². The summed E-state index contributed by atoms with van der Waals surface area (Å²) in [4.78, 5) is 7.25. The van der Waals surface area contributed by atoms with Gasteiger partial charge in [0.05, 0.1) is 5.02 Å². The topological polar surface area (TPSA) is 29.3 Å². The van der Waals surface area contributed by atoms with E-state index in [0.29, 0.717) is 10.9 Å². The predicted molar refractivity (Wildman–Crippen MR) is 121 cm³/mol. The van der Waals surface area contributed by atoms with Gasteiger partial charge in [0.15, 0.2) is 5.76 Å². The summed E-state index contributed by atoms with van der Waals surface area (Å²) in [7, 11) is 0. The molecule has 0 unspecified atom stereocenters. The zero-order valence-corrected chi connectivity index (χ0v) is 17.6. The number of allylic oxidation sites excluding steroid dienone is 4. The smallest absolute Gasteiger partial charge is 0.227 e. The Kier molecular flexibility index (Phi) is 5.86. The molecule has 3 nitrogen and oxygen atoms in total. The summed E-state index contributed by atoms with van der Waals surface area (Å²) in [6, 6.07) is 17.8. The van der Waals surface area contributed by atoms with Gasteiger partial charge in [-0.1, -0.05) is 54.1 Å². The SMILES string of the molecule is CCN(CC)C1=CC=C(c2oc(-c3ccccc3)nc2-c2ccccc2Cl)CC1. The molecule has 1 aliphatic rings. The van der Waals surface area contributed by atoms with Crippen molar-refractivity contribution in [2.45, 2.75) is 26.7 Å². The van der Waals surface area contributed by atoms with E-state index in [4.69, 9.17) is 21.0 Å². The Hall–Kier alpha value is -2.78. The molecule has 0 N–H and O–H groups in total. The molecule has 0 saturated heterocycles. The molecule has 1 aromatic heterocycles. The van der Waals surface area contributed by atoms with Crippen LogP contribution in [0.4, 0.5) is 0 Å². The first-order valence-electron chi connectivity index (χ1n) is 10.2. The molecule has 0 amide bonds. The molecule has 0 saturated carbocycles. The summed E-state index contributed by atoms with van der Waals surface area (Å²) in [6.07, 6.45) is 6.31. The molecule has 29 heavy (non-hydrogen) atoms. The van der Waals surface area contributed by atoms with Crippen LogP contribution in [0, 0.1) is 0 Å². The fourth-order valence-corrected chi connectivity index (χ4v) is 4.01. The maximum absolute atomic E-state index is 6.51. The average molecular weight is 405 g/mol. The number of halogens is 1. The van der Waals surface area contributed by atoms with Gasteiger partial charge in [0.2, 0.25) is 5.89 Å². The van der Waals surface area contributed by atoms with Gasteiger partial charge in [-0.15, -0.1) is 0 Å². The molecule has 1 heterocycles. The lowest BCUT2D eigenvalue weighted by Crippen LogP contribution is -2.23. The molecule has 1 aliphatic carbocycles. The first kappa shape index (κ1) is 19.5. The van der Waals surface area contributed by atoms with Gasteiger partial charge in [-0.2, -0.15) is 0 Å². The van der Waals surface area contributed by atoms with Crippen LogP contribution >= 0.6 is 11.6 Å². The number of rotatable bonds is 6. The molecule has 148 valence electrons. The van der Waals surface area contributed by atoms with Crippen molar-refractivity contribution < 1.29 is 4.42 Å². The molecule has 0 spiro atoms. The summed E-state index contributed by atoms with van der Waals surface area (Å²) >= 11 is 6.51. The highest BCUT2D eigenvalue weighted by atomic mass is 35.5. The third kappa shape index (κ3) is 4.01. The minimum atomic E-state index is 0.620. The normalized spacial score (nSPS) is 13.8. The highest BCUT2D eigenvalue weighted by Gasteiger charge is 2.23. The van der Waals surface area contributed by atoms with E-state index in [1.54, 1.807) is 0 Å². The van der Waals surface area contributed by atoms with Gasteiger partial charge < -0.3 is 9.32 Å². The molecule has 4 rings (SSSR count). The number of hydrogen-bond acceptors (Lipinski definition) is 3. The fraction of sp³-hybridized carbons (Fsp3) is 0.240. The van der Waals surface area contributed by atoms with E-state index < -0.39 is 0 Å². The molecular formula is C25H25ClN2O. The van der Waals surface area contributed by atoms with Gasteiger partial charge in [-0.3, -0.25) is 0 Å². The van der Waals surface area contributed by atoms with Crippen LogP contribution in [-0.4, -0.2) is 23.0 Å². The van der Waals surface area contributed by atoms with Crippen molar-refractivity contribution >= 4 is 17.2 Å². The molecule has 2 aromatic carbocycles. The number of nitrogens with zero attached hydrogens (tertiary/aromatic N) is 2. The van der Waals surface area contributed by atoms with Crippen LogP contribution in [-0.2, 0) is 0 Å². The highest BCUT2D eigenvalue weighted by molar-refractivity contribution is 6.33. The minimum Gasteiger partial charge on any atom is -0.436 e. The second-order valence-corrected chi connectivity index (χ2v) is 7.47. The second-order valence-electron chi connectivity index (χ2n) is 7.06. The third-order valence-corrected chi connectivity index (χ3v) is 5.70. The van der Waals surface area contributed by atoms with Crippen molar-refractivity contribution in [2.24, 2.45) is 0 Å². The van der Waals surface area contributed by atoms with E-state index in [9.17, 15) is 0 Å². The van der Waals surface area contributed by atoms with Gasteiger partial charge in [-0.25, -0.2) is 4.98 Å². The van der Waals surface area contributed by atoms with Gasteiger partial charge in [0.1, 0.15) is 5.69 Å². The van der Waals surface area contributed by atoms with Crippen LogP contribution in [0.3, 0.4) is 0 Å². The quantitative estimate of drug-likeness (QED) is 0.440. The average Bonchev–Trinajstić information content (AvgIpc) is 3.21. The molecule has 3 aromatic rings. The lowest BCUT2D eigenvalue weighted by molar-refractivity contribution is 0.368. The summed E-state index contributed by atoms with van der Waals surface area (Å²) in [6.45, 7) is 6.44. The van der Waals surface area contributed by atoms with Crippen LogP contribution in [0.1, 0.15) is 32.4 Å². The summed E-state index contributed by atoms with van der Waals surface area (Å²) < 4.78 is 6.32. The van der Waals surface area contributed by atoms with Crippen LogP contribution in [0.25, 0.3) is 28.3 Å². The first-order valence-corrected chi connectivity index (χ1v) is 10.5. The van der Waals surface area contributed by atoms with Gasteiger partial charge in [0.25, 0.3) is 0 Å². The Morgan fingerprint density at radius 2 is 1.66 bits per heavy atom. The summed E-state index contributed by atoms with van der Waals surface area (Å²) in [5.74, 6) is 1.43. The van der Waals surface area contributed by atoms with Crippen LogP contribution in [0.5, 0.6) is 0 Å². The predicted octanol–water partition coefficient (Wildman–Crippen LogP) is 7.06. The van der Waals surface area contributed by atoms with E-state index in [0.717, 1.165) is 54.1 Å². The lowest BCUT2D eigenvalue weighted by atomic mass is 9.97. The molecule has 0 aliphatic heterocycles. The molecule has 4 heteroatoms. The zero-order valence-electron chi connectivity index (χ0n) is 16.9. The molecule has 0 atom stereocenters. The molecule has 0 radical (unpaired) electrons. The number of benzene rings is 2. The molecule has 0 bridgehead atoms. The van der Waals surface area contributed by atoms with E-state index in [2.05, 4.69) is 30.9 Å². The van der Waals surface area contributed by atoms with E-state index in [-0.39, 0.29) is 0 Å². The Bertz CT molecular complexity index is 1050. The Labute approximate surface area is 177 Å². The van der Waals surface area contributed by atoms with Crippen molar-refractivity contribution in [1.29, 1.82) is 0 Å². The monoisotopic (exact) mass is 404 g/mol. The number of oxazole rings is 1. The third-order valence-electron chi connectivity index (χ3n) is 5.37. The van der Waals surface area contributed by atoms with Crippen LogP contribution in [0.2, 0.25) is 5.02 Å². The number of aromatic nitrogens is 1. The summed E-state index contributed by atoms with van der Waals surface area (Å²) in [5, 5.41) is 0.678.